The van der Waals surface area contributed by atoms with Crippen LogP contribution in [-0.4, -0.2) is 23.0 Å². The summed E-state index contributed by atoms with van der Waals surface area (Å²) < 4.78 is 11.4. The van der Waals surface area contributed by atoms with E-state index < -0.39 is 0 Å². The average molecular weight is 405 g/mol. The van der Waals surface area contributed by atoms with Crippen LogP contribution in [0.15, 0.2) is 42.9 Å². The minimum Gasteiger partial charge on any atom is -0.496 e. The molecule has 156 valence electrons. The van der Waals surface area contributed by atoms with Crippen LogP contribution in [0.4, 0.5) is 0 Å². The van der Waals surface area contributed by atoms with Gasteiger partial charge in [-0.05, 0) is 57.0 Å². The lowest BCUT2D eigenvalue weighted by Crippen LogP contribution is -2.24. The molecule has 1 aromatic carbocycles. The highest BCUT2D eigenvalue weighted by atomic mass is 16.5. The Hall–Kier alpha value is -3.41. The maximum atomic E-state index is 12.7. The van der Waals surface area contributed by atoms with Gasteiger partial charge in [-0.3, -0.25) is 14.8 Å². The van der Waals surface area contributed by atoms with Gasteiger partial charge >= 0.3 is 0 Å². The number of nitrogens with zero attached hydrogens (tertiary/aromatic N) is 2. The van der Waals surface area contributed by atoms with E-state index in [0.717, 1.165) is 45.0 Å². The topological polar surface area (TPSA) is 73.3 Å². The fraction of sp³-hybridized carbons (Fsp3) is 0.292. The van der Waals surface area contributed by atoms with Crippen molar-refractivity contribution in [2.75, 3.05) is 7.11 Å². The lowest BCUT2D eigenvalue weighted by Gasteiger charge is -2.15. The van der Waals surface area contributed by atoms with E-state index in [2.05, 4.69) is 15.3 Å². The highest BCUT2D eigenvalue weighted by Gasteiger charge is 2.14. The molecule has 0 saturated heterocycles. The second-order valence-corrected chi connectivity index (χ2v) is 7.32. The third-order valence-electron chi connectivity index (χ3n) is 4.99. The number of benzene rings is 1. The molecule has 0 spiro atoms. The van der Waals surface area contributed by atoms with Crippen molar-refractivity contribution >= 4 is 5.91 Å². The van der Waals surface area contributed by atoms with Crippen LogP contribution in [-0.2, 0) is 13.2 Å². The standard InChI is InChI=1S/C24H27N3O3/c1-15-9-20(10-16(2)22(15)30-14-19-7-6-8-25-12-19)24(28)27-13-21-18(4)23(29-5)17(3)11-26-21/h6-12H,13-14H2,1-5H3,(H,27,28). The quantitative estimate of drug-likeness (QED) is 0.637. The number of carbonyl (C=O) groups excluding carboxylic acids is 1. The third-order valence-corrected chi connectivity index (χ3v) is 4.99. The van der Waals surface area contributed by atoms with Crippen LogP contribution in [0.25, 0.3) is 0 Å². The van der Waals surface area contributed by atoms with Crippen molar-refractivity contribution in [1.29, 1.82) is 0 Å². The maximum absolute atomic E-state index is 12.7. The molecule has 30 heavy (non-hydrogen) atoms. The molecule has 0 aliphatic carbocycles. The zero-order valence-electron chi connectivity index (χ0n) is 18.1. The number of carbonyl (C=O) groups is 1. The van der Waals surface area contributed by atoms with Gasteiger partial charge in [-0.1, -0.05) is 6.07 Å². The molecule has 3 rings (SSSR count). The number of ether oxygens (including phenoxy) is 2. The summed E-state index contributed by atoms with van der Waals surface area (Å²) in [5.74, 6) is 1.44. The van der Waals surface area contributed by atoms with Gasteiger partial charge in [0.2, 0.25) is 0 Å². The number of aromatic nitrogens is 2. The number of nitrogens with one attached hydrogen (secondary N) is 1. The third kappa shape index (κ3) is 4.76. The van der Waals surface area contributed by atoms with E-state index in [9.17, 15) is 4.79 Å². The predicted octanol–water partition coefficient (Wildman–Crippen LogP) is 4.23. The summed E-state index contributed by atoms with van der Waals surface area (Å²) in [6.45, 7) is 8.55. The van der Waals surface area contributed by atoms with Crippen molar-refractivity contribution in [1.82, 2.24) is 15.3 Å². The Morgan fingerprint density at radius 1 is 1.03 bits per heavy atom. The molecular weight excluding hydrogens is 378 g/mol. The first-order valence-corrected chi connectivity index (χ1v) is 9.81. The Kier molecular flexibility index (Phi) is 6.67. The summed E-state index contributed by atoms with van der Waals surface area (Å²) in [4.78, 5) is 21.3. The molecule has 0 bridgehead atoms. The Balaban J connectivity index is 1.69. The summed E-state index contributed by atoms with van der Waals surface area (Å²) in [6, 6.07) is 7.54. The van der Waals surface area contributed by atoms with Gasteiger partial charge in [0.15, 0.2) is 0 Å². The van der Waals surface area contributed by atoms with E-state index in [1.54, 1.807) is 25.7 Å². The van der Waals surface area contributed by atoms with Gasteiger partial charge in [-0.15, -0.1) is 0 Å². The zero-order valence-corrected chi connectivity index (χ0v) is 18.1. The van der Waals surface area contributed by atoms with Gasteiger partial charge in [-0.2, -0.15) is 0 Å². The molecule has 3 aromatic rings. The molecule has 0 unspecified atom stereocenters. The number of methoxy groups -OCH3 is 1. The van der Waals surface area contributed by atoms with E-state index in [4.69, 9.17) is 9.47 Å². The van der Waals surface area contributed by atoms with Crippen LogP contribution in [0.2, 0.25) is 0 Å². The SMILES string of the molecule is COc1c(C)cnc(CNC(=O)c2cc(C)c(OCc3cccnc3)c(C)c2)c1C. The minimum absolute atomic E-state index is 0.152. The lowest BCUT2D eigenvalue weighted by molar-refractivity contribution is 0.0950. The van der Waals surface area contributed by atoms with Crippen molar-refractivity contribution < 1.29 is 14.3 Å². The van der Waals surface area contributed by atoms with E-state index >= 15 is 0 Å². The Morgan fingerprint density at radius 3 is 2.40 bits per heavy atom. The second-order valence-electron chi connectivity index (χ2n) is 7.32. The van der Waals surface area contributed by atoms with E-state index in [-0.39, 0.29) is 5.91 Å². The normalized spacial score (nSPS) is 10.6. The highest BCUT2D eigenvalue weighted by molar-refractivity contribution is 5.94. The first kappa shape index (κ1) is 21.3. The second kappa shape index (κ2) is 9.39. The molecule has 1 N–H and O–H groups in total. The molecule has 6 nitrogen and oxygen atoms in total. The van der Waals surface area contributed by atoms with Gasteiger partial charge in [0.1, 0.15) is 18.1 Å². The zero-order chi connectivity index (χ0) is 21.7. The van der Waals surface area contributed by atoms with Gasteiger partial charge in [0.25, 0.3) is 5.91 Å². The van der Waals surface area contributed by atoms with Crippen molar-refractivity contribution in [2.24, 2.45) is 0 Å². The molecule has 0 aliphatic rings. The number of amides is 1. The molecular formula is C24H27N3O3. The summed E-state index contributed by atoms with van der Waals surface area (Å²) >= 11 is 0. The van der Waals surface area contributed by atoms with Gasteiger partial charge in [0, 0.05) is 40.8 Å². The molecule has 6 heteroatoms. The van der Waals surface area contributed by atoms with E-state index in [0.29, 0.717) is 18.7 Å². The number of rotatable bonds is 7. The Bertz CT molecular complexity index is 1030. The number of hydrogen-bond donors (Lipinski definition) is 1. The van der Waals surface area contributed by atoms with Crippen LogP contribution >= 0.6 is 0 Å². The van der Waals surface area contributed by atoms with E-state index in [1.165, 1.54) is 0 Å². The van der Waals surface area contributed by atoms with Crippen LogP contribution in [0.1, 0.15) is 43.9 Å². The van der Waals surface area contributed by atoms with Crippen LogP contribution in [0.3, 0.4) is 0 Å². The maximum Gasteiger partial charge on any atom is 0.251 e. The predicted molar refractivity (Wildman–Crippen MR) is 116 cm³/mol. The van der Waals surface area contributed by atoms with Crippen molar-refractivity contribution in [3.05, 3.63) is 81.9 Å². The first-order valence-electron chi connectivity index (χ1n) is 9.81. The first-order chi connectivity index (χ1) is 14.4. The highest BCUT2D eigenvalue weighted by Crippen LogP contribution is 2.26. The molecule has 2 aromatic heterocycles. The summed E-state index contributed by atoms with van der Waals surface area (Å²) in [6.07, 6.45) is 5.27. The van der Waals surface area contributed by atoms with Gasteiger partial charge < -0.3 is 14.8 Å². The number of hydrogen-bond acceptors (Lipinski definition) is 5. The number of aryl methyl sites for hydroxylation is 3. The minimum atomic E-state index is -0.152. The van der Waals surface area contributed by atoms with Crippen molar-refractivity contribution in [2.45, 2.75) is 40.8 Å². The summed E-state index contributed by atoms with van der Waals surface area (Å²) in [5, 5.41) is 2.95. The molecule has 0 fully saturated rings. The molecule has 0 atom stereocenters. The summed E-state index contributed by atoms with van der Waals surface area (Å²) in [5.41, 5.74) is 6.11. The molecule has 1 amide bonds. The van der Waals surface area contributed by atoms with Crippen molar-refractivity contribution in [3.8, 4) is 11.5 Å². The molecule has 2 heterocycles. The Labute approximate surface area is 177 Å². The monoisotopic (exact) mass is 405 g/mol. The lowest BCUT2D eigenvalue weighted by atomic mass is 10.0. The van der Waals surface area contributed by atoms with Gasteiger partial charge in [-0.25, -0.2) is 0 Å². The number of pyridine rings is 2. The van der Waals surface area contributed by atoms with Gasteiger partial charge in [0.05, 0.1) is 19.3 Å². The molecule has 0 saturated carbocycles. The molecule has 0 aliphatic heterocycles. The largest absolute Gasteiger partial charge is 0.496 e. The van der Waals surface area contributed by atoms with Crippen LogP contribution in [0, 0.1) is 27.7 Å². The molecule has 0 radical (unpaired) electrons. The fourth-order valence-electron chi connectivity index (χ4n) is 3.46. The fourth-order valence-corrected chi connectivity index (χ4v) is 3.46. The average Bonchev–Trinajstić information content (AvgIpc) is 2.73. The smallest absolute Gasteiger partial charge is 0.251 e. The van der Waals surface area contributed by atoms with Crippen LogP contribution < -0.4 is 14.8 Å². The van der Waals surface area contributed by atoms with Crippen LogP contribution in [0.5, 0.6) is 11.5 Å². The summed E-state index contributed by atoms with van der Waals surface area (Å²) in [7, 11) is 1.64. The Morgan fingerprint density at radius 2 is 1.77 bits per heavy atom. The van der Waals surface area contributed by atoms with Crippen molar-refractivity contribution in [3.63, 3.8) is 0 Å². The van der Waals surface area contributed by atoms with E-state index in [1.807, 2.05) is 52.0 Å².